The van der Waals surface area contributed by atoms with Crippen LogP contribution in [0.2, 0.25) is 0 Å². The maximum atomic E-state index is 12.6. The molecule has 0 saturated carbocycles. The van der Waals surface area contributed by atoms with E-state index in [1.807, 2.05) is 19.1 Å². The number of ether oxygens (including phenoxy) is 2. The molecule has 0 radical (unpaired) electrons. The van der Waals surface area contributed by atoms with E-state index in [-0.39, 0.29) is 17.9 Å². The zero-order valence-electron chi connectivity index (χ0n) is 14.8. The molecule has 2 atom stereocenters. The minimum absolute atomic E-state index is 0.0919. The van der Waals surface area contributed by atoms with Crippen molar-refractivity contribution < 1.29 is 32.0 Å². The van der Waals surface area contributed by atoms with Crippen LogP contribution in [0.25, 0.3) is 0 Å². The van der Waals surface area contributed by atoms with Crippen LogP contribution in [-0.4, -0.2) is 29.5 Å². The number of carbonyl (C=O) groups is 1. The molecule has 0 bridgehead atoms. The molecule has 0 aliphatic heterocycles. The van der Waals surface area contributed by atoms with E-state index < -0.39 is 35.0 Å². The minimum Gasteiger partial charge on any atom is -0.611 e. The Kier molecular flexibility index (Phi) is 7.15. The Balaban J connectivity index is 2.05. The molecule has 0 fully saturated rings. The summed E-state index contributed by atoms with van der Waals surface area (Å²) >= 11 is -1.34. The van der Waals surface area contributed by atoms with Gasteiger partial charge in [-0.25, -0.2) is 4.79 Å². The summed E-state index contributed by atoms with van der Waals surface area (Å²) in [5, 5.41) is 0. The first-order chi connectivity index (χ1) is 12.7. The number of alkyl halides is 3. The second-order valence-electron chi connectivity index (χ2n) is 5.76. The topological polar surface area (TPSA) is 58.6 Å². The molecule has 4 nitrogen and oxygen atoms in total. The lowest BCUT2D eigenvalue weighted by atomic mass is 10.2. The van der Waals surface area contributed by atoms with E-state index in [4.69, 9.17) is 4.74 Å². The fourth-order valence-electron chi connectivity index (χ4n) is 2.38. The van der Waals surface area contributed by atoms with Gasteiger partial charge in [-0.2, -0.15) is 13.2 Å². The fourth-order valence-corrected chi connectivity index (χ4v) is 3.68. The van der Waals surface area contributed by atoms with Gasteiger partial charge < -0.3 is 14.0 Å². The number of halogens is 3. The lowest BCUT2D eigenvalue weighted by Gasteiger charge is -2.19. The molecule has 0 aliphatic rings. The van der Waals surface area contributed by atoms with Gasteiger partial charge >= 0.3 is 12.1 Å². The number of aryl methyl sites for hydroxylation is 1. The number of esters is 1. The maximum absolute atomic E-state index is 12.6. The molecule has 2 unspecified atom stereocenters. The fraction of sp³-hybridized carbons (Fsp3) is 0.316. The zero-order valence-corrected chi connectivity index (χ0v) is 15.6. The SMILES string of the molecule is COC(=O)C(CC[S+]([O-])c1ccccc1C)Oc1ccc(C(F)(F)F)cc1. The molecule has 0 N–H and O–H groups in total. The molecule has 2 aromatic carbocycles. The lowest BCUT2D eigenvalue weighted by Crippen LogP contribution is -2.31. The first-order valence-corrected chi connectivity index (χ1v) is 9.40. The Morgan fingerprint density at radius 2 is 1.78 bits per heavy atom. The lowest BCUT2D eigenvalue weighted by molar-refractivity contribution is -0.149. The average molecular weight is 400 g/mol. The third-order valence-corrected chi connectivity index (χ3v) is 5.38. The summed E-state index contributed by atoms with van der Waals surface area (Å²) in [6.45, 7) is 1.84. The molecule has 0 aromatic heterocycles. The van der Waals surface area contributed by atoms with E-state index in [0.29, 0.717) is 4.90 Å². The Bertz CT molecular complexity index is 762. The predicted molar refractivity (Wildman–Crippen MR) is 94.9 cm³/mol. The summed E-state index contributed by atoms with van der Waals surface area (Å²) in [5.74, 6) is -0.442. The van der Waals surface area contributed by atoms with Crippen LogP contribution < -0.4 is 4.74 Å². The van der Waals surface area contributed by atoms with E-state index in [1.54, 1.807) is 12.1 Å². The quantitative estimate of drug-likeness (QED) is 0.518. The van der Waals surface area contributed by atoms with Crippen LogP contribution in [0.3, 0.4) is 0 Å². The van der Waals surface area contributed by atoms with Gasteiger partial charge in [-0.05, 0) is 48.4 Å². The number of carbonyl (C=O) groups excluding carboxylic acids is 1. The Morgan fingerprint density at radius 3 is 2.33 bits per heavy atom. The first-order valence-electron chi connectivity index (χ1n) is 8.08. The van der Waals surface area contributed by atoms with Gasteiger partial charge in [0, 0.05) is 12.0 Å². The van der Waals surface area contributed by atoms with Crippen molar-refractivity contribution in [3.63, 3.8) is 0 Å². The van der Waals surface area contributed by atoms with E-state index >= 15 is 0 Å². The highest BCUT2D eigenvalue weighted by Crippen LogP contribution is 2.30. The van der Waals surface area contributed by atoms with Gasteiger partial charge in [-0.1, -0.05) is 18.2 Å². The van der Waals surface area contributed by atoms with Gasteiger partial charge in [0.25, 0.3) is 0 Å². The third kappa shape index (κ3) is 5.90. The van der Waals surface area contributed by atoms with E-state index in [1.165, 1.54) is 7.11 Å². The molecule has 0 aliphatic carbocycles. The van der Waals surface area contributed by atoms with Crippen LogP contribution >= 0.6 is 0 Å². The smallest absolute Gasteiger partial charge is 0.416 e. The number of hydrogen-bond donors (Lipinski definition) is 0. The van der Waals surface area contributed by atoms with Crippen LogP contribution in [0.15, 0.2) is 53.4 Å². The summed E-state index contributed by atoms with van der Waals surface area (Å²) in [5.41, 5.74) is 0.0548. The summed E-state index contributed by atoms with van der Waals surface area (Å²) in [6.07, 6.45) is -5.43. The summed E-state index contributed by atoms with van der Waals surface area (Å²) < 4.78 is 60.5. The van der Waals surface area contributed by atoms with Crippen LogP contribution in [0.5, 0.6) is 5.75 Å². The Hall–Kier alpha value is -2.19. The highest BCUT2D eigenvalue weighted by molar-refractivity contribution is 7.91. The zero-order chi connectivity index (χ0) is 20.0. The van der Waals surface area contributed by atoms with Crippen molar-refractivity contribution >= 4 is 17.1 Å². The molecule has 146 valence electrons. The van der Waals surface area contributed by atoms with Gasteiger partial charge in [-0.15, -0.1) is 0 Å². The van der Waals surface area contributed by atoms with Crippen LogP contribution in [0, 0.1) is 6.92 Å². The van der Waals surface area contributed by atoms with Crippen molar-refractivity contribution in [2.75, 3.05) is 12.9 Å². The van der Waals surface area contributed by atoms with E-state index in [9.17, 15) is 22.5 Å². The highest BCUT2D eigenvalue weighted by atomic mass is 32.2. The number of benzene rings is 2. The normalized spacial score (nSPS) is 13.7. The van der Waals surface area contributed by atoms with Gasteiger partial charge in [-0.3, -0.25) is 0 Å². The molecule has 27 heavy (non-hydrogen) atoms. The second kappa shape index (κ2) is 9.14. The van der Waals surface area contributed by atoms with E-state index in [2.05, 4.69) is 4.74 Å². The average Bonchev–Trinajstić information content (AvgIpc) is 2.64. The van der Waals surface area contributed by atoms with Gasteiger partial charge in [0.15, 0.2) is 11.0 Å². The monoisotopic (exact) mass is 400 g/mol. The highest BCUT2D eigenvalue weighted by Gasteiger charge is 2.30. The molecule has 2 aromatic rings. The number of rotatable bonds is 7. The number of methoxy groups -OCH3 is 1. The van der Waals surface area contributed by atoms with Gasteiger partial charge in [0.05, 0.1) is 12.7 Å². The van der Waals surface area contributed by atoms with Gasteiger partial charge in [0.1, 0.15) is 11.5 Å². The van der Waals surface area contributed by atoms with Crippen molar-refractivity contribution in [2.24, 2.45) is 0 Å². The van der Waals surface area contributed by atoms with Crippen molar-refractivity contribution in [3.05, 3.63) is 59.7 Å². The van der Waals surface area contributed by atoms with Crippen molar-refractivity contribution in [1.82, 2.24) is 0 Å². The predicted octanol–water partition coefficient (Wildman–Crippen LogP) is 4.13. The molecule has 0 heterocycles. The molecule has 0 spiro atoms. The van der Waals surface area contributed by atoms with Crippen molar-refractivity contribution in [3.8, 4) is 5.75 Å². The van der Waals surface area contributed by atoms with Crippen LogP contribution in [0.1, 0.15) is 17.5 Å². The first kappa shape index (κ1) is 21.1. The molecule has 0 amide bonds. The largest absolute Gasteiger partial charge is 0.611 e. The molecule has 0 saturated heterocycles. The Labute approximate surface area is 158 Å². The summed E-state index contributed by atoms with van der Waals surface area (Å²) in [4.78, 5) is 12.6. The molecular weight excluding hydrogens is 381 g/mol. The van der Waals surface area contributed by atoms with Gasteiger partial charge in [0.2, 0.25) is 0 Å². The van der Waals surface area contributed by atoms with E-state index in [0.717, 1.165) is 29.8 Å². The minimum atomic E-state index is -4.45. The molecule has 8 heteroatoms. The maximum Gasteiger partial charge on any atom is 0.416 e. The third-order valence-electron chi connectivity index (χ3n) is 3.83. The van der Waals surface area contributed by atoms with Crippen molar-refractivity contribution in [1.29, 1.82) is 0 Å². The standard InChI is InChI=1S/C19H19F3O4S/c1-13-5-3-4-6-17(13)27(24)12-11-16(18(23)25-2)26-15-9-7-14(8-10-15)19(20,21)22/h3-10,16H,11-12H2,1-2H3. The second-order valence-corrected chi connectivity index (χ2v) is 7.29. The summed E-state index contributed by atoms with van der Waals surface area (Å²) in [7, 11) is 1.18. The van der Waals surface area contributed by atoms with Crippen LogP contribution in [0.4, 0.5) is 13.2 Å². The number of hydrogen-bond acceptors (Lipinski definition) is 4. The molecule has 2 rings (SSSR count). The summed E-state index contributed by atoms with van der Waals surface area (Å²) in [6, 6.07) is 11.2. The molecular formula is C19H19F3O4S. The van der Waals surface area contributed by atoms with Crippen molar-refractivity contribution in [2.45, 2.75) is 30.5 Å². The van der Waals surface area contributed by atoms with Crippen LogP contribution in [-0.2, 0) is 26.9 Å². The Morgan fingerprint density at radius 1 is 1.15 bits per heavy atom.